The summed E-state index contributed by atoms with van der Waals surface area (Å²) in [6.07, 6.45) is 3.40. The molecule has 0 bridgehead atoms. The Bertz CT molecular complexity index is 853. The first-order valence-corrected chi connectivity index (χ1v) is 12.4. The fraction of sp³-hybridized carbons (Fsp3) is 0.636. The smallest absolute Gasteiger partial charge is 0.243 e. The molecular weight excluding hydrogens is 402 g/mol. The van der Waals surface area contributed by atoms with Gasteiger partial charge in [0, 0.05) is 38.0 Å². The number of sulfonamides is 1. The number of carbonyl (C=O) groups is 2. The molecule has 2 amide bonds. The highest BCUT2D eigenvalue weighted by Crippen LogP contribution is 2.32. The highest BCUT2D eigenvalue weighted by molar-refractivity contribution is 7.89. The lowest BCUT2D eigenvalue weighted by Crippen LogP contribution is -2.44. The van der Waals surface area contributed by atoms with Gasteiger partial charge in [0.15, 0.2) is 0 Å². The van der Waals surface area contributed by atoms with E-state index < -0.39 is 10.0 Å². The second-order valence-corrected chi connectivity index (χ2v) is 10.2. The first-order valence-electron chi connectivity index (χ1n) is 11.0. The zero-order valence-electron chi connectivity index (χ0n) is 18.1. The molecule has 0 radical (unpaired) electrons. The van der Waals surface area contributed by atoms with E-state index in [-0.39, 0.29) is 34.6 Å². The Kier molecular flexibility index (Phi) is 7.18. The van der Waals surface area contributed by atoms with E-state index in [0.29, 0.717) is 39.0 Å². The van der Waals surface area contributed by atoms with Crippen molar-refractivity contribution in [3.8, 4) is 0 Å². The number of hydrogen-bond acceptors (Lipinski definition) is 4. The molecule has 7 nitrogen and oxygen atoms in total. The van der Waals surface area contributed by atoms with Crippen LogP contribution in [0.1, 0.15) is 58.1 Å². The summed E-state index contributed by atoms with van der Waals surface area (Å²) >= 11 is 0. The van der Waals surface area contributed by atoms with Gasteiger partial charge in [-0.05, 0) is 50.3 Å². The fourth-order valence-electron chi connectivity index (χ4n) is 4.01. The Morgan fingerprint density at radius 3 is 2.10 bits per heavy atom. The van der Waals surface area contributed by atoms with Gasteiger partial charge in [0.25, 0.3) is 0 Å². The summed E-state index contributed by atoms with van der Waals surface area (Å²) in [4.78, 5) is 27.0. The van der Waals surface area contributed by atoms with Crippen LogP contribution >= 0.6 is 0 Å². The first-order chi connectivity index (χ1) is 14.3. The Morgan fingerprint density at radius 1 is 1.03 bits per heavy atom. The molecular formula is C22H33N3O4S. The minimum absolute atomic E-state index is 0.000796. The lowest BCUT2D eigenvalue weighted by molar-refractivity contribution is -0.136. The molecule has 1 saturated heterocycles. The van der Waals surface area contributed by atoms with Gasteiger partial charge in [0.1, 0.15) is 0 Å². The quantitative estimate of drug-likeness (QED) is 0.680. The maximum atomic E-state index is 12.7. The molecule has 30 heavy (non-hydrogen) atoms. The van der Waals surface area contributed by atoms with E-state index in [9.17, 15) is 18.0 Å². The summed E-state index contributed by atoms with van der Waals surface area (Å²) in [5, 5.41) is 3.05. The molecule has 1 aromatic carbocycles. The van der Waals surface area contributed by atoms with Crippen molar-refractivity contribution >= 4 is 21.8 Å². The van der Waals surface area contributed by atoms with Crippen LogP contribution in [0, 0.1) is 11.8 Å². The molecule has 1 saturated carbocycles. The summed E-state index contributed by atoms with van der Waals surface area (Å²) in [7, 11) is -3.48. The third kappa shape index (κ3) is 5.03. The van der Waals surface area contributed by atoms with Crippen molar-refractivity contribution in [3.63, 3.8) is 0 Å². The SMILES string of the molecule is CCN(CC)S(=O)(=O)c1ccc(C(C)NC(=O)C2CCN(C(=O)C3CC3)CC2)cc1. The van der Waals surface area contributed by atoms with Gasteiger partial charge in [-0.3, -0.25) is 9.59 Å². The maximum absolute atomic E-state index is 12.7. The van der Waals surface area contributed by atoms with E-state index in [4.69, 9.17) is 0 Å². The van der Waals surface area contributed by atoms with E-state index >= 15 is 0 Å². The van der Waals surface area contributed by atoms with Crippen molar-refractivity contribution in [3.05, 3.63) is 29.8 Å². The van der Waals surface area contributed by atoms with E-state index in [2.05, 4.69) is 5.32 Å². The number of hydrogen-bond donors (Lipinski definition) is 1. The summed E-state index contributed by atoms with van der Waals surface area (Å²) in [6, 6.07) is 6.52. The van der Waals surface area contributed by atoms with Crippen LogP contribution in [0.25, 0.3) is 0 Å². The largest absolute Gasteiger partial charge is 0.349 e. The molecule has 3 rings (SSSR count). The van der Waals surface area contributed by atoms with Gasteiger partial charge in [0.2, 0.25) is 21.8 Å². The lowest BCUT2D eigenvalue weighted by Gasteiger charge is -2.32. The van der Waals surface area contributed by atoms with Crippen LogP contribution in [0.15, 0.2) is 29.2 Å². The van der Waals surface area contributed by atoms with Crippen molar-refractivity contribution in [2.75, 3.05) is 26.2 Å². The number of piperidine rings is 1. The van der Waals surface area contributed by atoms with Crippen molar-refractivity contribution in [1.82, 2.24) is 14.5 Å². The van der Waals surface area contributed by atoms with Gasteiger partial charge in [-0.25, -0.2) is 8.42 Å². The van der Waals surface area contributed by atoms with Crippen molar-refractivity contribution in [2.45, 2.75) is 57.4 Å². The minimum Gasteiger partial charge on any atom is -0.349 e. The molecule has 1 N–H and O–H groups in total. The molecule has 1 aliphatic carbocycles. The van der Waals surface area contributed by atoms with Gasteiger partial charge >= 0.3 is 0 Å². The maximum Gasteiger partial charge on any atom is 0.243 e. The molecule has 1 aliphatic heterocycles. The minimum atomic E-state index is -3.48. The van der Waals surface area contributed by atoms with Crippen LogP contribution < -0.4 is 5.32 Å². The molecule has 1 aromatic rings. The third-order valence-corrected chi connectivity index (χ3v) is 8.25. The highest BCUT2D eigenvalue weighted by atomic mass is 32.2. The predicted octanol–water partition coefficient (Wildman–Crippen LogP) is 2.54. The lowest BCUT2D eigenvalue weighted by atomic mass is 9.95. The third-order valence-electron chi connectivity index (χ3n) is 6.19. The number of benzene rings is 1. The van der Waals surface area contributed by atoms with E-state index in [1.54, 1.807) is 24.3 Å². The van der Waals surface area contributed by atoms with Gasteiger partial charge in [0.05, 0.1) is 10.9 Å². The molecule has 1 unspecified atom stereocenters. The topological polar surface area (TPSA) is 86.8 Å². The normalized spacial score (nSPS) is 19.0. The summed E-state index contributed by atoms with van der Waals surface area (Å²) in [6.45, 7) is 7.70. The van der Waals surface area contributed by atoms with Gasteiger partial charge < -0.3 is 10.2 Å². The zero-order valence-corrected chi connectivity index (χ0v) is 19.0. The highest BCUT2D eigenvalue weighted by Gasteiger charge is 2.36. The van der Waals surface area contributed by atoms with E-state index in [0.717, 1.165) is 18.4 Å². The molecule has 166 valence electrons. The van der Waals surface area contributed by atoms with Gasteiger partial charge in [-0.15, -0.1) is 0 Å². The van der Waals surface area contributed by atoms with Crippen molar-refractivity contribution in [2.24, 2.45) is 11.8 Å². The Balaban J connectivity index is 1.55. The molecule has 2 aliphatic rings. The van der Waals surface area contributed by atoms with E-state index in [1.165, 1.54) is 4.31 Å². The van der Waals surface area contributed by atoms with Crippen molar-refractivity contribution < 1.29 is 18.0 Å². The first kappa shape index (κ1) is 22.7. The molecule has 1 heterocycles. The number of rotatable bonds is 8. The standard InChI is InChI=1S/C22H33N3O4S/c1-4-25(5-2)30(28,29)20-10-8-17(9-11-20)16(3)23-21(26)18-12-14-24(15-13-18)22(27)19-6-7-19/h8-11,16,18-19H,4-7,12-15H2,1-3H3,(H,23,26). The molecule has 0 spiro atoms. The van der Waals surface area contributed by atoms with Crippen LogP contribution in [-0.2, 0) is 19.6 Å². The van der Waals surface area contributed by atoms with E-state index in [1.807, 2.05) is 25.7 Å². The number of nitrogens with zero attached hydrogens (tertiary/aromatic N) is 2. The Labute approximate surface area is 179 Å². The number of nitrogens with one attached hydrogen (secondary N) is 1. The van der Waals surface area contributed by atoms with Gasteiger partial charge in [-0.1, -0.05) is 26.0 Å². The fourth-order valence-corrected chi connectivity index (χ4v) is 5.46. The summed E-state index contributed by atoms with van der Waals surface area (Å²) < 4.78 is 26.6. The molecule has 1 atom stereocenters. The molecule has 2 fully saturated rings. The Hall–Kier alpha value is -1.93. The number of likely N-dealkylation sites (tertiary alicyclic amines) is 1. The number of amides is 2. The molecule has 8 heteroatoms. The molecule has 0 aromatic heterocycles. The second-order valence-electron chi connectivity index (χ2n) is 8.26. The summed E-state index contributed by atoms with van der Waals surface area (Å²) in [5.74, 6) is 0.393. The average Bonchev–Trinajstić information content (AvgIpc) is 3.59. The van der Waals surface area contributed by atoms with Crippen LogP contribution in [0.3, 0.4) is 0 Å². The predicted molar refractivity (Wildman–Crippen MR) is 115 cm³/mol. The monoisotopic (exact) mass is 435 g/mol. The summed E-state index contributed by atoms with van der Waals surface area (Å²) in [5.41, 5.74) is 0.864. The Morgan fingerprint density at radius 2 is 1.60 bits per heavy atom. The number of carbonyl (C=O) groups excluding carboxylic acids is 2. The zero-order chi connectivity index (χ0) is 21.9. The van der Waals surface area contributed by atoms with Crippen LogP contribution in [0.5, 0.6) is 0 Å². The average molecular weight is 436 g/mol. The van der Waals surface area contributed by atoms with Crippen molar-refractivity contribution in [1.29, 1.82) is 0 Å². The van der Waals surface area contributed by atoms with Crippen LogP contribution in [0.4, 0.5) is 0 Å². The second kappa shape index (κ2) is 9.47. The van der Waals surface area contributed by atoms with Gasteiger partial charge in [-0.2, -0.15) is 4.31 Å². The van der Waals surface area contributed by atoms with Crippen LogP contribution in [-0.4, -0.2) is 55.6 Å². The van der Waals surface area contributed by atoms with Crippen LogP contribution in [0.2, 0.25) is 0 Å².